The maximum absolute atomic E-state index is 13.3. The topological polar surface area (TPSA) is 62.2 Å². The Morgan fingerprint density at radius 2 is 2.28 bits per heavy atom. The third-order valence-electron chi connectivity index (χ3n) is 4.57. The number of likely N-dealkylation sites (N-methyl/N-ethyl adjacent to an activating group) is 1. The molecular formula is C18H24FN5O. The number of halogens is 1. The van der Waals surface area contributed by atoms with E-state index in [-0.39, 0.29) is 29.8 Å². The molecule has 2 N–H and O–H groups in total. The Morgan fingerprint density at radius 3 is 2.92 bits per heavy atom. The highest BCUT2D eigenvalue weighted by molar-refractivity contribution is 5.75. The molecule has 2 amide bonds. The zero-order valence-corrected chi connectivity index (χ0v) is 14.7. The number of nitrogens with one attached hydrogen (secondary N) is 2. The van der Waals surface area contributed by atoms with E-state index in [0.29, 0.717) is 6.54 Å². The van der Waals surface area contributed by atoms with Gasteiger partial charge in [-0.1, -0.05) is 12.1 Å². The van der Waals surface area contributed by atoms with Gasteiger partial charge in [-0.15, -0.1) is 0 Å². The van der Waals surface area contributed by atoms with E-state index >= 15 is 0 Å². The van der Waals surface area contributed by atoms with Crippen LogP contribution in [0.4, 0.5) is 9.18 Å². The molecule has 1 aliphatic carbocycles. The first-order chi connectivity index (χ1) is 11.9. The zero-order chi connectivity index (χ0) is 18.0. The predicted molar refractivity (Wildman–Crippen MR) is 93.7 cm³/mol. The van der Waals surface area contributed by atoms with Gasteiger partial charge in [0.1, 0.15) is 5.82 Å². The van der Waals surface area contributed by atoms with Crippen molar-refractivity contribution in [2.24, 2.45) is 7.05 Å². The van der Waals surface area contributed by atoms with E-state index in [1.165, 1.54) is 12.1 Å². The average Bonchev–Trinajstić information content (AvgIpc) is 3.18. The Labute approximate surface area is 147 Å². The lowest BCUT2D eigenvalue weighted by atomic mass is 10.1. The molecule has 0 bridgehead atoms. The highest BCUT2D eigenvalue weighted by Gasteiger charge is 2.39. The summed E-state index contributed by atoms with van der Waals surface area (Å²) in [5, 5.41) is 10.1. The molecule has 1 aliphatic rings. The molecule has 25 heavy (non-hydrogen) atoms. The van der Waals surface area contributed by atoms with Gasteiger partial charge >= 0.3 is 6.03 Å². The van der Waals surface area contributed by atoms with Crippen LogP contribution >= 0.6 is 0 Å². The highest BCUT2D eigenvalue weighted by atomic mass is 19.1. The maximum Gasteiger partial charge on any atom is 0.315 e. The average molecular weight is 345 g/mol. The number of hydrogen-bond donors (Lipinski definition) is 2. The normalized spacial score (nSPS) is 20.4. The van der Waals surface area contributed by atoms with Crippen LogP contribution in [0.5, 0.6) is 0 Å². The molecule has 0 radical (unpaired) electrons. The summed E-state index contributed by atoms with van der Waals surface area (Å²) < 4.78 is 15.0. The van der Waals surface area contributed by atoms with Gasteiger partial charge in [0.2, 0.25) is 0 Å². The van der Waals surface area contributed by atoms with Crippen molar-refractivity contribution in [2.45, 2.75) is 24.4 Å². The van der Waals surface area contributed by atoms with Crippen molar-refractivity contribution >= 4 is 6.03 Å². The van der Waals surface area contributed by atoms with Crippen LogP contribution in [-0.4, -0.2) is 47.4 Å². The minimum absolute atomic E-state index is 0.0534. The zero-order valence-electron chi connectivity index (χ0n) is 14.7. The maximum atomic E-state index is 13.3. The summed E-state index contributed by atoms with van der Waals surface area (Å²) in [6.07, 6.45) is 4.60. The van der Waals surface area contributed by atoms with E-state index in [1.54, 1.807) is 10.7 Å². The smallest absolute Gasteiger partial charge is 0.315 e. The number of hydrogen-bond acceptors (Lipinski definition) is 3. The first-order valence-electron chi connectivity index (χ1n) is 8.39. The largest absolute Gasteiger partial charge is 0.336 e. The molecular weight excluding hydrogens is 321 g/mol. The van der Waals surface area contributed by atoms with Crippen LogP contribution in [-0.2, 0) is 7.05 Å². The van der Waals surface area contributed by atoms with Gasteiger partial charge in [-0.25, -0.2) is 9.18 Å². The van der Waals surface area contributed by atoms with E-state index in [1.807, 2.05) is 44.5 Å². The van der Waals surface area contributed by atoms with Crippen molar-refractivity contribution in [3.8, 4) is 0 Å². The molecule has 7 heteroatoms. The molecule has 1 heterocycles. The van der Waals surface area contributed by atoms with Crippen LogP contribution in [0, 0.1) is 5.82 Å². The van der Waals surface area contributed by atoms with Crippen LogP contribution < -0.4 is 10.6 Å². The first kappa shape index (κ1) is 17.4. The molecule has 0 spiro atoms. The second kappa shape index (κ2) is 7.23. The number of rotatable bonds is 6. The third kappa shape index (κ3) is 4.36. The Balaban J connectivity index is 1.50. The molecule has 1 aromatic carbocycles. The van der Waals surface area contributed by atoms with Crippen molar-refractivity contribution in [1.82, 2.24) is 25.3 Å². The fraction of sp³-hybridized carbons (Fsp3) is 0.444. The van der Waals surface area contributed by atoms with E-state index in [9.17, 15) is 9.18 Å². The Hall–Kier alpha value is -2.41. The Bertz CT molecular complexity index is 745. The van der Waals surface area contributed by atoms with Crippen molar-refractivity contribution in [3.05, 3.63) is 53.6 Å². The van der Waals surface area contributed by atoms with Crippen molar-refractivity contribution < 1.29 is 9.18 Å². The molecule has 0 saturated heterocycles. The molecule has 2 aromatic rings. The van der Waals surface area contributed by atoms with Crippen molar-refractivity contribution in [1.29, 1.82) is 0 Å². The molecule has 3 rings (SSSR count). The van der Waals surface area contributed by atoms with E-state index in [0.717, 1.165) is 17.5 Å². The fourth-order valence-electron chi connectivity index (χ4n) is 3.08. The quantitative estimate of drug-likeness (QED) is 0.842. The summed E-state index contributed by atoms with van der Waals surface area (Å²) in [6.45, 7) is 0.488. The number of carbonyl (C=O) groups is 1. The van der Waals surface area contributed by atoms with E-state index in [4.69, 9.17) is 0 Å². The number of amides is 2. The summed E-state index contributed by atoms with van der Waals surface area (Å²) >= 11 is 0. The van der Waals surface area contributed by atoms with Gasteiger partial charge in [0.15, 0.2) is 0 Å². The predicted octanol–water partition coefficient (Wildman–Crippen LogP) is 2.02. The third-order valence-corrected chi connectivity index (χ3v) is 4.57. The minimum atomic E-state index is -0.238. The number of nitrogens with zero attached hydrogens (tertiary/aromatic N) is 3. The number of benzene rings is 1. The molecule has 134 valence electrons. The van der Waals surface area contributed by atoms with E-state index < -0.39 is 0 Å². The Morgan fingerprint density at radius 1 is 1.48 bits per heavy atom. The van der Waals surface area contributed by atoms with Gasteiger partial charge in [0, 0.05) is 37.3 Å². The lowest BCUT2D eigenvalue weighted by Gasteiger charge is -2.23. The summed E-state index contributed by atoms with van der Waals surface area (Å²) in [7, 11) is 5.81. The van der Waals surface area contributed by atoms with Gasteiger partial charge in [0.05, 0.1) is 12.2 Å². The fourth-order valence-corrected chi connectivity index (χ4v) is 3.08. The molecule has 1 aromatic heterocycles. The van der Waals surface area contributed by atoms with Crippen LogP contribution in [0.2, 0.25) is 0 Å². The van der Waals surface area contributed by atoms with Crippen molar-refractivity contribution in [3.63, 3.8) is 0 Å². The molecule has 0 aliphatic heterocycles. The Kier molecular flexibility index (Phi) is 5.03. The molecule has 3 atom stereocenters. The standard InChI is InChI=1S/C18H24FN5O/c1-23(2)17(13-9-21-24(3)11-13)10-20-18(25)22-16-8-15(16)12-5-4-6-14(19)7-12/h4-7,9,11,15-17H,8,10H2,1-3H3,(H2,20,22,25)/t15-,16+,17-/m1/s1. The van der Waals surface area contributed by atoms with Crippen LogP contribution in [0.25, 0.3) is 0 Å². The summed E-state index contributed by atoms with van der Waals surface area (Å²) in [5.74, 6) is -0.0395. The molecule has 1 fully saturated rings. The minimum Gasteiger partial charge on any atom is -0.336 e. The van der Waals surface area contributed by atoms with Gasteiger partial charge in [0.25, 0.3) is 0 Å². The van der Waals surface area contributed by atoms with E-state index in [2.05, 4.69) is 15.7 Å². The summed E-state index contributed by atoms with van der Waals surface area (Å²) in [6, 6.07) is 6.50. The SMILES string of the molecule is CN(C)[C@H](CNC(=O)N[C@H]1C[C@@H]1c1cccc(F)c1)c1cnn(C)c1. The van der Waals surface area contributed by atoms with Gasteiger partial charge in [-0.2, -0.15) is 5.10 Å². The van der Waals surface area contributed by atoms with Gasteiger partial charge in [-0.05, 0) is 38.2 Å². The monoisotopic (exact) mass is 345 g/mol. The first-order valence-corrected chi connectivity index (χ1v) is 8.39. The number of urea groups is 1. The number of aryl methyl sites for hydroxylation is 1. The second-order valence-electron chi connectivity index (χ2n) is 6.78. The summed E-state index contributed by atoms with van der Waals surface area (Å²) in [5.41, 5.74) is 1.99. The number of carbonyl (C=O) groups excluding carboxylic acids is 1. The second-order valence-corrected chi connectivity index (χ2v) is 6.78. The van der Waals surface area contributed by atoms with Crippen LogP contribution in [0.15, 0.2) is 36.7 Å². The highest BCUT2D eigenvalue weighted by Crippen LogP contribution is 2.40. The van der Waals surface area contributed by atoms with Crippen LogP contribution in [0.1, 0.15) is 29.5 Å². The molecule has 6 nitrogen and oxygen atoms in total. The summed E-state index contributed by atoms with van der Waals surface area (Å²) in [4.78, 5) is 14.2. The van der Waals surface area contributed by atoms with Gasteiger partial charge < -0.3 is 15.5 Å². The molecule has 0 unspecified atom stereocenters. The van der Waals surface area contributed by atoms with Crippen molar-refractivity contribution in [2.75, 3.05) is 20.6 Å². The molecule has 1 saturated carbocycles. The van der Waals surface area contributed by atoms with Crippen LogP contribution in [0.3, 0.4) is 0 Å². The lowest BCUT2D eigenvalue weighted by molar-refractivity contribution is 0.232. The number of aromatic nitrogens is 2. The lowest BCUT2D eigenvalue weighted by Crippen LogP contribution is -2.41. The van der Waals surface area contributed by atoms with Gasteiger partial charge in [-0.3, -0.25) is 4.68 Å².